The number of rotatable bonds is 4. The molecule has 0 radical (unpaired) electrons. The molecule has 0 amide bonds. The van der Waals surface area contributed by atoms with Gasteiger partial charge in [0.1, 0.15) is 0 Å². The van der Waals surface area contributed by atoms with Crippen molar-refractivity contribution in [2.75, 3.05) is 13.2 Å². The number of hydrogen-bond donors (Lipinski definition) is 1. The second kappa shape index (κ2) is 5.61. The summed E-state index contributed by atoms with van der Waals surface area (Å²) >= 11 is 0. The molecule has 1 fully saturated rings. The molecule has 0 aromatic heterocycles. The standard InChI is InChI=1S/C11H23NO/c1-4-6-12-10(3)11-5-7-13-9(2)8-11/h9-12H,4-8H2,1-3H3. The van der Waals surface area contributed by atoms with Crippen molar-refractivity contribution >= 4 is 0 Å². The normalized spacial score (nSPS) is 31.6. The number of hydrogen-bond acceptors (Lipinski definition) is 2. The minimum absolute atomic E-state index is 0.463. The van der Waals surface area contributed by atoms with E-state index in [9.17, 15) is 0 Å². The molecule has 1 rings (SSSR count). The molecule has 78 valence electrons. The predicted molar refractivity (Wildman–Crippen MR) is 55.9 cm³/mol. The lowest BCUT2D eigenvalue weighted by molar-refractivity contribution is -0.00470. The highest BCUT2D eigenvalue weighted by molar-refractivity contribution is 4.77. The third kappa shape index (κ3) is 3.65. The topological polar surface area (TPSA) is 21.3 Å². The summed E-state index contributed by atoms with van der Waals surface area (Å²) in [5.74, 6) is 0.815. The fourth-order valence-corrected chi connectivity index (χ4v) is 2.03. The van der Waals surface area contributed by atoms with Crippen LogP contribution in [-0.4, -0.2) is 25.3 Å². The molecule has 1 saturated heterocycles. The molecule has 3 unspecified atom stereocenters. The van der Waals surface area contributed by atoms with Crippen LogP contribution < -0.4 is 5.32 Å². The lowest BCUT2D eigenvalue weighted by Crippen LogP contribution is -2.38. The van der Waals surface area contributed by atoms with E-state index in [0.29, 0.717) is 12.1 Å². The van der Waals surface area contributed by atoms with Crippen molar-refractivity contribution in [3.8, 4) is 0 Å². The Balaban J connectivity index is 2.24. The molecule has 0 aromatic rings. The van der Waals surface area contributed by atoms with Crippen LogP contribution in [-0.2, 0) is 4.74 Å². The molecule has 0 saturated carbocycles. The molecular weight excluding hydrogens is 162 g/mol. The van der Waals surface area contributed by atoms with Crippen LogP contribution in [0.15, 0.2) is 0 Å². The molecule has 1 aliphatic rings. The quantitative estimate of drug-likeness (QED) is 0.725. The Morgan fingerprint density at radius 1 is 1.54 bits per heavy atom. The summed E-state index contributed by atoms with van der Waals surface area (Å²) in [4.78, 5) is 0. The van der Waals surface area contributed by atoms with Gasteiger partial charge in [0.25, 0.3) is 0 Å². The zero-order valence-corrected chi connectivity index (χ0v) is 9.18. The molecule has 2 heteroatoms. The first-order chi connectivity index (χ1) is 6.24. The van der Waals surface area contributed by atoms with Crippen molar-refractivity contribution in [1.29, 1.82) is 0 Å². The van der Waals surface area contributed by atoms with Gasteiger partial charge in [-0.15, -0.1) is 0 Å². The van der Waals surface area contributed by atoms with E-state index >= 15 is 0 Å². The van der Waals surface area contributed by atoms with E-state index in [4.69, 9.17) is 4.74 Å². The van der Waals surface area contributed by atoms with Crippen LogP contribution in [0, 0.1) is 5.92 Å². The van der Waals surface area contributed by atoms with Gasteiger partial charge in [0.05, 0.1) is 6.10 Å². The number of ether oxygens (including phenoxy) is 1. The molecular formula is C11H23NO. The van der Waals surface area contributed by atoms with Gasteiger partial charge in [0, 0.05) is 12.6 Å². The minimum Gasteiger partial charge on any atom is -0.378 e. The lowest BCUT2D eigenvalue weighted by atomic mass is 9.90. The van der Waals surface area contributed by atoms with Crippen LogP contribution in [0.5, 0.6) is 0 Å². The summed E-state index contributed by atoms with van der Waals surface area (Å²) in [6, 6.07) is 0.659. The van der Waals surface area contributed by atoms with Gasteiger partial charge < -0.3 is 10.1 Å². The van der Waals surface area contributed by atoms with Crippen molar-refractivity contribution in [2.45, 2.75) is 52.2 Å². The molecule has 0 spiro atoms. The summed E-state index contributed by atoms with van der Waals surface area (Å²) in [5.41, 5.74) is 0. The van der Waals surface area contributed by atoms with Gasteiger partial charge in [0.15, 0.2) is 0 Å². The Morgan fingerprint density at radius 2 is 2.31 bits per heavy atom. The summed E-state index contributed by atoms with van der Waals surface area (Å²) in [6.45, 7) is 8.79. The van der Waals surface area contributed by atoms with Crippen LogP contribution in [0.3, 0.4) is 0 Å². The van der Waals surface area contributed by atoms with Gasteiger partial charge in [-0.25, -0.2) is 0 Å². The second-order valence-electron chi connectivity index (χ2n) is 4.21. The highest BCUT2D eigenvalue weighted by Crippen LogP contribution is 2.22. The Hall–Kier alpha value is -0.0800. The molecule has 2 nitrogen and oxygen atoms in total. The van der Waals surface area contributed by atoms with Crippen molar-refractivity contribution in [3.05, 3.63) is 0 Å². The maximum Gasteiger partial charge on any atom is 0.0550 e. The third-order valence-electron chi connectivity index (χ3n) is 2.95. The molecule has 0 aliphatic carbocycles. The van der Waals surface area contributed by atoms with E-state index in [1.165, 1.54) is 19.3 Å². The smallest absolute Gasteiger partial charge is 0.0550 e. The SMILES string of the molecule is CCCNC(C)C1CCOC(C)C1. The van der Waals surface area contributed by atoms with Crippen LogP contribution in [0.1, 0.15) is 40.0 Å². The van der Waals surface area contributed by atoms with Gasteiger partial charge in [-0.3, -0.25) is 0 Å². The van der Waals surface area contributed by atoms with Crippen molar-refractivity contribution in [3.63, 3.8) is 0 Å². The second-order valence-corrected chi connectivity index (χ2v) is 4.21. The van der Waals surface area contributed by atoms with Crippen molar-refractivity contribution in [2.24, 2.45) is 5.92 Å². The fraction of sp³-hybridized carbons (Fsp3) is 1.00. The average Bonchev–Trinajstić information content (AvgIpc) is 2.14. The van der Waals surface area contributed by atoms with Crippen LogP contribution >= 0.6 is 0 Å². The van der Waals surface area contributed by atoms with Crippen LogP contribution in [0.25, 0.3) is 0 Å². The average molecular weight is 185 g/mol. The maximum absolute atomic E-state index is 5.53. The van der Waals surface area contributed by atoms with Gasteiger partial charge >= 0.3 is 0 Å². The van der Waals surface area contributed by atoms with E-state index in [1.54, 1.807) is 0 Å². The summed E-state index contributed by atoms with van der Waals surface area (Å²) in [5, 5.41) is 3.57. The molecule has 1 aliphatic heterocycles. The van der Waals surface area contributed by atoms with E-state index in [2.05, 4.69) is 26.1 Å². The zero-order valence-electron chi connectivity index (χ0n) is 9.18. The summed E-state index contributed by atoms with van der Waals surface area (Å²) < 4.78 is 5.53. The van der Waals surface area contributed by atoms with Crippen LogP contribution in [0.4, 0.5) is 0 Å². The lowest BCUT2D eigenvalue weighted by Gasteiger charge is -2.32. The molecule has 3 atom stereocenters. The van der Waals surface area contributed by atoms with E-state index in [1.807, 2.05) is 0 Å². The zero-order chi connectivity index (χ0) is 9.68. The highest BCUT2D eigenvalue weighted by atomic mass is 16.5. The summed E-state index contributed by atoms with van der Waals surface area (Å²) in [6.07, 6.45) is 4.13. The Kier molecular flexibility index (Phi) is 4.74. The van der Waals surface area contributed by atoms with E-state index in [0.717, 1.165) is 19.1 Å². The third-order valence-corrected chi connectivity index (χ3v) is 2.95. The first-order valence-electron chi connectivity index (χ1n) is 5.59. The van der Waals surface area contributed by atoms with Crippen molar-refractivity contribution < 1.29 is 4.74 Å². The van der Waals surface area contributed by atoms with Gasteiger partial charge in [-0.1, -0.05) is 6.92 Å². The number of nitrogens with one attached hydrogen (secondary N) is 1. The molecule has 13 heavy (non-hydrogen) atoms. The van der Waals surface area contributed by atoms with Crippen molar-refractivity contribution in [1.82, 2.24) is 5.32 Å². The van der Waals surface area contributed by atoms with Gasteiger partial charge in [0.2, 0.25) is 0 Å². The van der Waals surface area contributed by atoms with E-state index in [-0.39, 0.29) is 0 Å². The summed E-state index contributed by atoms with van der Waals surface area (Å²) in [7, 11) is 0. The van der Waals surface area contributed by atoms with Gasteiger partial charge in [-0.2, -0.15) is 0 Å². The van der Waals surface area contributed by atoms with Crippen LogP contribution in [0.2, 0.25) is 0 Å². The van der Waals surface area contributed by atoms with Gasteiger partial charge in [-0.05, 0) is 45.6 Å². The first-order valence-corrected chi connectivity index (χ1v) is 5.59. The van der Waals surface area contributed by atoms with E-state index < -0.39 is 0 Å². The Labute approximate surface area is 82.0 Å². The Bertz CT molecular complexity index is 138. The highest BCUT2D eigenvalue weighted by Gasteiger charge is 2.23. The predicted octanol–water partition coefficient (Wildman–Crippen LogP) is 2.19. The molecule has 0 bridgehead atoms. The fourth-order valence-electron chi connectivity index (χ4n) is 2.03. The molecule has 1 heterocycles. The minimum atomic E-state index is 0.463. The first kappa shape index (κ1) is 11.0. The molecule has 0 aromatic carbocycles. The monoisotopic (exact) mass is 185 g/mol. The largest absolute Gasteiger partial charge is 0.378 e. The Morgan fingerprint density at radius 3 is 2.92 bits per heavy atom. The molecule has 1 N–H and O–H groups in total. The maximum atomic E-state index is 5.53.